The van der Waals surface area contributed by atoms with Gasteiger partial charge in [-0.05, 0) is 37.6 Å². The predicted octanol–water partition coefficient (Wildman–Crippen LogP) is 3.79. The van der Waals surface area contributed by atoms with Crippen LogP contribution in [-0.2, 0) is 9.53 Å². The van der Waals surface area contributed by atoms with E-state index in [0.717, 1.165) is 12.1 Å². The number of carbonyl (C=O) groups is 2. The van der Waals surface area contributed by atoms with Crippen molar-refractivity contribution < 1.29 is 32.2 Å². The third-order valence-corrected chi connectivity index (χ3v) is 3.50. The highest BCUT2D eigenvalue weighted by molar-refractivity contribution is 9.09. The number of carbonyl (C=O) groups excluding carboxylic acids is 2. The van der Waals surface area contributed by atoms with E-state index in [1.807, 2.05) is 0 Å². The Morgan fingerprint density at radius 3 is 2.38 bits per heavy atom. The summed E-state index contributed by atoms with van der Waals surface area (Å²) in [5, 5.41) is 0. The average molecular weight is 369 g/mol. The van der Waals surface area contributed by atoms with Crippen molar-refractivity contribution in [1.29, 1.82) is 0 Å². The summed E-state index contributed by atoms with van der Waals surface area (Å²) in [6.07, 6.45) is -4.90. The number of benzene rings is 1. The highest BCUT2D eigenvalue weighted by Crippen LogP contribution is 2.31. The van der Waals surface area contributed by atoms with Gasteiger partial charge in [-0.25, -0.2) is 4.79 Å². The molecule has 0 amide bonds. The zero-order chi connectivity index (χ0) is 16.2. The maximum absolute atomic E-state index is 12.3. The minimum atomic E-state index is -4.90. The summed E-state index contributed by atoms with van der Waals surface area (Å²) in [5.74, 6) is -1.71. The molecule has 1 atom stereocenters. The Balaban J connectivity index is 3.25. The molecule has 0 radical (unpaired) electrons. The molecule has 0 heterocycles. The summed E-state index contributed by atoms with van der Waals surface area (Å²) in [6.45, 7) is 2.90. The van der Waals surface area contributed by atoms with E-state index in [9.17, 15) is 22.8 Å². The van der Waals surface area contributed by atoms with Crippen molar-refractivity contribution in [3.8, 4) is 5.75 Å². The Kier molecular flexibility index (Phi) is 5.77. The molecule has 1 unspecified atom stereocenters. The number of Topliss-reactive ketones (excluding diaryl/α,β-unsaturated/α-hetero) is 1. The van der Waals surface area contributed by atoms with Gasteiger partial charge in [0.1, 0.15) is 11.5 Å². The average Bonchev–Trinajstić information content (AvgIpc) is 2.35. The fourth-order valence-electron chi connectivity index (χ4n) is 1.53. The van der Waals surface area contributed by atoms with Gasteiger partial charge >= 0.3 is 12.3 Å². The van der Waals surface area contributed by atoms with Crippen LogP contribution in [0.15, 0.2) is 18.2 Å². The molecule has 0 spiro atoms. The van der Waals surface area contributed by atoms with E-state index in [2.05, 4.69) is 20.7 Å². The number of ether oxygens (including phenoxy) is 2. The second kappa shape index (κ2) is 6.93. The highest BCUT2D eigenvalue weighted by atomic mass is 79.9. The number of ketones is 1. The van der Waals surface area contributed by atoms with Crippen LogP contribution in [0.25, 0.3) is 0 Å². The van der Waals surface area contributed by atoms with Crippen LogP contribution in [0.3, 0.4) is 0 Å². The van der Waals surface area contributed by atoms with Crippen LogP contribution in [0.4, 0.5) is 13.2 Å². The summed E-state index contributed by atoms with van der Waals surface area (Å²) in [5.41, 5.74) is 0.0478. The van der Waals surface area contributed by atoms with Gasteiger partial charge in [-0.15, -0.1) is 13.2 Å². The van der Waals surface area contributed by atoms with Gasteiger partial charge in [0.15, 0.2) is 0 Å². The highest BCUT2D eigenvalue weighted by Gasteiger charge is 2.32. The van der Waals surface area contributed by atoms with Gasteiger partial charge in [-0.1, -0.05) is 15.9 Å². The van der Waals surface area contributed by atoms with Crippen molar-refractivity contribution in [2.75, 3.05) is 6.61 Å². The van der Waals surface area contributed by atoms with Crippen LogP contribution in [0.5, 0.6) is 5.75 Å². The topological polar surface area (TPSA) is 52.6 Å². The SMILES string of the molecule is CCOC(=O)c1cc(OC(F)(F)F)cc(C(Br)C(C)=O)c1. The fraction of sp³-hybridized carbons (Fsp3) is 0.385. The van der Waals surface area contributed by atoms with E-state index in [-0.39, 0.29) is 23.5 Å². The minimum Gasteiger partial charge on any atom is -0.462 e. The van der Waals surface area contributed by atoms with Gasteiger partial charge in [0, 0.05) is 0 Å². The Labute approximate surface area is 127 Å². The number of halogens is 4. The number of esters is 1. The molecule has 0 saturated heterocycles. The molecular weight excluding hydrogens is 357 g/mol. The van der Waals surface area contributed by atoms with Gasteiger partial charge in [0.05, 0.1) is 17.0 Å². The standard InChI is InChI=1S/C13H12BrF3O4/c1-3-20-12(19)9-4-8(11(14)7(2)18)5-10(6-9)21-13(15,16)17/h4-6,11H,3H2,1-2H3. The number of alkyl halides is 4. The quantitative estimate of drug-likeness (QED) is 0.586. The second-order valence-corrected chi connectivity index (χ2v) is 4.95. The van der Waals surface area contributed by atoms with E-state index in [1.54, 1.807) is 6.92 Å². The van der Waals surface area contributed by atoms with E-state index in [4.69, 9.17) is 4.74 Å². The lowest BCUT2D eigenvalue weighted by Crippen LogP contribution is -2.18. The summed E-state index contributed by atoms with van der Waals surface area (Å²) in [6, 6.07) is 3.23. The lowest BCUT2D eigenvalue weighted by atomic mass is 10.1. The maximum atomic E-state index is 12.3. The Bertz CT molecular complexity index is 543. The monoisotopic (exact) mass is 368 g/mol. The zero-order valence-electron chi connectivity index (χ0n) is 11.2. The summed E-state index contributed by atoms with van der Waals surface area (Å²) >= 11 is 3.05. The van der Waals surface area contributed by atoms with Gasteiger partial charge in [-0.2, -0.15) is 0 Å². The van der Waals surface area contributed by atoms with Crippen molar-refractivity contribution in [1.82, 2.24) is 0 Å². The number of hydrogen-bond donors (Lipinski definition) is 0. The van der Waals surface area contributed by atoms with Crippen LogP contribution in [0, 0.1) is 0 Å². The molecule has 21 heavy (non-hydrogen) atoms. The van der Waals surface area contributed by atoms with Crippen LogP contribution in [0.1, 0.15) is 34.6 Å². The molecule has 0 fully saturated rings. The third kappa shape index (κ3) is 5.37. The molecule has 116 valence electrons. The molecule has 0 saturated carbocycles. The third-order valence-electron chi connectivity index (χ3n) is 2.32. The number of rotatable bonds is 5. The Hall–Kier alpha value is -1.57. The molecular formula is C13H12BrF3O4. The van der Waals surface area contributed by atoms with Gasteiger partial charge < -0.3 is 9.47 Å². The molecule has 0 aromatic heterocycles. The van der Waals surface area contributed by atoms with Crippen LogP contribution < -0.4 is 4.74 Å². The first-order valence-corrected chi connectivity index (χ1v) is 6.78. The fourth-order valence-corrected chi connectivity index (χ4v) is 1.79. The molecule has 0 aliphatic heterocycles. The summed E-state index contributed by atoms with van der Waals surface area (Å²) < 4.78 is 45.4. The molecule has 0 aliphatic carbocycles. The van der Waals surface area contributed by atoms with Gasteiger partial charge in [-0.3, -0.25) is 4.79 Å². The molecule has 0 N–H and O–H groups in total. The first-order chi connectivity index (χ1) is 9.64. The van der Waals surface area contributed by atoms with E-state index >= 15 is 0 Å². The first-order valence-electron chi connectivity index (χ1n) is 5.86. The van der Waals surface area contributed by atoms with Gasteiger partial charge in [0.25, 0.3) is 0 Å². The summed E-state index contributed by atoms with van der Waals surface area (Å²) in [7, 11) is 0. The summed E-state index contributed by atoms with van der Waals surface area (Å²) in [4.78, 5) is 22.1. The first kappa shape index (κ1) is 17.5. The minimum absolute atomic E-state index is 0.0724. The molecule has 4 nitrogen and oxygen atoms in total. The predicted molar refractivity (Wildman–Crippen MR) is 71.4 cm³/mol. The zero-order valence-corrected chi connectivity index (χ0v) is 12.7. The maximum Gasteiger partial charge on any atom is 0.573 e. The van der Waals surface area contributed by atoms with Gasteiger partial charge in [0.2, 0.25) is 0 Å². The molecule has 8 heteroatoms. The van der Waals surface area contributed by atoms with E-state index in [0.29, 0.717) is 0 Å². The molecule has 1 aromatic rings. The Morgan fingerprint density at radius 2 is 1.90 bits per heavy atom. The van der Waals surface area contributed by atoms with E-state index < -0.39 is 22.9 Å². The lowest BCUT2D eigenvalue weighted by Gasteiger charge is -2.14. The van der Waals surface area contributed by atoms with Crippen LogP contribution in [-0.4, -0.2) is 24.7 Å². The Morgan fingerprint density at radius 1 is 1.29 bits per heavy atom. The van der Waals surface area contributed by atoms with E-state index in [1.165, 1.54) is 13.0 Å². The van der Waals surface area contributed by atoms with Crippen LogP contribution >= 0.6 is 15.9 Å². The molecule has 0 bridgehead atoms. The molecule has 1 aromatic carbocycles. The largest absolute Gasteiger partial charge is 0.573 e. The van der Waals surface area contributed by atoms with Crippen molar-refractivity contribution >= 4 is 27.7 Å². The van der Waals surface area contributed by atoms with Crippen molar-refractivity contribution in [3.05, 3.63) is 29.3 Å². The van der Waals surface area contributed by atoms with Crippen molar-refractivity contribution in [2.24, 2.45) is 0 Å². The second-order valence-electron chi connectivity index (χ2n) is 4.03. The smallest absolute Gasteiger partial charge is 0.462 e. The van der Waals surface area contributed by atoms with Crippen molar-refractivity contribution in [3.63, 3.8) is 0 Å². The number of hydrogen-bond acceptors (Lipinski definition) is 4. The molecule has 0 aliphatic rings. The normalized spacial score (nSPS) is 12.7. The van der Waals surface area contributed by atoms with Crippen LogP contribution in [0.2, 0.25) is 0 Å². The lowest BCUT2D eigenvalue weighted by molar-refractivity contribution is -0.274. The van der Waals surface area contributed by atoms with Crippen molar-refractivity contribution in [2.45, 2.75) is 25.0 Å². The molecule has 1 rings (SSSR count).